The van der Waals surface area contributed by atoms with E-state index in [9.17, 15) is 9.18 Å². The van der Waals surface area contributed by atoms with Crippen LogP contribution in [0.5, 0.6) is 5.75 Å². The number of pyridine rings is 1. The average molecular weight is 261 g/mol. The van der Waals surface area contributed by atoms with E-state index >= 15 is 0 Å². The van der Waals surface area contributed by atoms with Gasteiger partial charge in [-0.25, -0.2) is 9.18 Å². The van der Waals surface area contributed by atoms with Crippen molar-refractivity contribution in [1.82, 2.24) is 4.98 Å². The maximum atomic E-state index is 12.9. The summed E-state index contributed by atoms with van der Waals surface area (Å²) < 4.78 is 18.4. The van der Waals surface area contributed by atoms with Gasteiger partial charge >= 0.3 is 5.97 Å². The highest BCUT2D eigenvalue weighted by Gasteiger charge is 2.07. The number of nitrogens with zero attached hydrogens (tertiary/aromatic N) is 1. The van der Waals surface area contributed by atoms with Gasteiger partial charge in [-0.3, -0.25) is 4.98 Å². The van der Waals surface area contributed by atoms with Crippen LogP contribution in [0.4, 0.5) is 4.39 Å². The van der Waals surface area contributed by atoms with Gasteiger partial charge < -0.3 is 9.84 Å². The minimum atomic E-state index is -1.02. The summed E-state index contributed by atoms with van der Waals surface area (Å²) in [7, 11) is 0. The fourth-order valence-corrected chi connectivity index (χ4v) is 1.58. The smallest absolute Gasteiger partial charge is 0.335 e. The molecule has 2 rings (SSSR count). The molecule has 98 valence electrons. The normalized spacial score (nSPS) is 10.2. The molecule has 0 radical (unpaired) electrons. The number of aryl methyl sites for hydroxylation is 1. The maximum Gasteiger partial charge on any atom is 0.335 e. The van der Waals surface area contributed by atoms with Gasteiger partial charge in [0.1, 0.15) is 18.2 Å². The predicted octanol–water partition coefficient (Wildman–Crippen LogP) is 2.81. The molecule has 0 spiro atoms. The van der Waals surface area contributed by atoms with Crippen molar-refractivity contribution in [1.29, 1.82) is 0 Å². The largest absolute Gasteiger partial charge is 0.489 e. The zero-order chi connectivity index (χ0) is 13.8. The second-order valence-electron chi connectivity index (χ2n) is 4.09. The zero-order valence-corrected chi connectivity index (χ0v) is 10.3. The van der Waals surface area contributed by atoms with E-state index in [0.29, 0.717) is 11.3 Å². The van der Waals surface area contributed by atoms with Gasteiger partial charge in [-0.1, -0.05) is 6.07 Å². The van der Waals surface area contributed by atoms with Crippen molar-refractivity contribution in [2.75, 3.05) is 0 Å². The first kappa shape index (κ1) is 13.0. The van der Waals surface area contributed by atoms with Gasteiger partial charge in [-0.05, 0) is 30.7 Å². The highest BCUT2D eigenvalue weighted by molar-refractivity contribution is 5.88. The molecule has 0 amide bonds. The first-order chi connectivity index (χ1) is 9.06. The molecule has 1 aromatic heterocycles. The van der Waals surface area contributed by atoms with Gasteiger partial charge in [0.05, 0.1) is 11.8 Å². The van der Waals surface area contributed by atoms with Gasteiger partial charge in [0, 0.05) is 11.8 Å². The number of aromatic nitrogens is 1. The first-order valence-electron chi connectivity index (χ1n) is 5.62. The highest BCUT2D eigenvalue weighted by Crippen LogP contribution is 2.21. The Morgan fingerprint density at radius 1 is 1.37 bits per heavy atom. The summed E-state index contributed by atoms with van der Waals surface area (Å²) in [6, 6.07) is 5.95. The van der Waals surface area contributed by atoms with Crippen molar-refractivity contribution in [3.8, 4) is 5.75 Å². The second-order valence-corrected chi connectivity index (χ2v) is 4.09. The molecule has 0 fully saturated rings. The number of hydrogen-bond donors (Lipinski definition) is 1. The lowest BCUT2D eigenvalue weighted by Crippen LogP contribution is -2.01. The first-order valence-corrected chi connectivity index (χ1v) is 5.62. The third-order valence-electron chi connectivity index (χ3n) is 2.59. The summed E-state index contributed by atoms with van der Waals surface area (Å²) in [5.41, 5.74) is 1.55. The molecular formula is C14H12FNO3. The summed E-state index contributed by atoms with van der Waals surface area (Å²) >= 11 is 0. The van der Waals surface area contributed by atoms with E-state index in [4.69, 9.17) is 9.84 Å². The van der Waals surface area contributed by atoms with E-state index in [0.717, 1.165) is 11.8 Å². The standard InChI is InChI=1S/C14H12FNO3/c1-9-2-3-11(14(17)18)5-13(9)19-8-10-4-12(15)7-16-6-10/h2-7H,8H2,1H3,(H,17,18). The monoisotopic (exact) mass is 261 g/mol. The Hall–Kier alpha value is -2.43. The molecule has 0 aliphatic rings. The van der Waals surface area contributed by atoms with Gasteiger partial charge in [0.2, 0.25) is 0 Å². The maximum absolute atomic E-state index is 12.9. The number of benzene rings is 1. The fraction of sp³-hybridized carbons (Fsp3) is 0.143. The van der Waals surface area contributed by atoms with Crippen molar-refractivity contribution < 1.29 is 19.0 Å². The van der Waals surface area contributed by atoms with Crippen molar-refractivity contribution >= 4 is 5.97 Å². The number of halogens is 1. The Balaban J connectivity index is 2.15. The summed E-state index contributed by atoms with van der Waals surface area (Å²) in [6.07, 6.45) is 2.61. The number of hydrogen-bond acceptors (Lipinski definition) is 3. The summed E-state index contributed by atoms with van der Waals surface area (Å²) in [6.45, 7) is 1.94. The van der Waals surface area contributed by atoms with E-state index in [1.165, 1.54) is 24.4 Å². The molecule has 1 N–H and O–H groups in total. The molecule has 19 heavy (non-hydrogen) atoms. The van der Waals surface area contributed by atoms with E-state index in [1.54, 1.807) is 6.07 Å². The minimum absolute atomic E-state index is 0.134. The molecule has 0 saturated carbocycles. The van der Waals surface area contributed by atoms with Crippen LogP contribution in [0.1, 0.15) is 21.5 Å². The van der Waals surface area contributed by atoms with Crippen molar-refractivity contribution in [3.63, 3.8) is 0 Å². The van der Waals surface area contributed by atoms with Gasteiger partial charge in [-0.2, -0.15) is 0 Å². The van der Waals surface area contributed by atoms with Gasteiger partial charge in [0.25, 0.3) is 0 Å². The molecule has 1 aromatic carbocycles. The molecule has 4 nitrogen and oxygen atoms in total. The Bertz CT molecular complexity index is 613. The Kier molecular flexibility index (Phi) is 3.75. The molecule has 0 saturated heterocycles. The minimum Gasteiger partial charge on any atom is -0.489 e. The molecule has 5 heteroatoms. The van der Waals surface area contributed by atoms with Crippen LogP contribution in [0.15, 0.2) is 36.7 Å². The molecule has 2 aromatic rings. The van der Waals surface area contributed by atoms with Crippen LogP contribution >= 0.6 is 0 Å². The number of aromatic carboxylic acids is 1. The van der Waals surface area contributed by atoms with Gasteiger partial charge in [-0.15, -0.1) is 0 Å². The van der Waals surface area contributed by atoms with Crippen LogP contribution in [0.2, 0.25) is 0 Å². The Morgan fingerprint density at radius 2 is 2.16 bits per heavy atom. The Morgan fingerprint density at radius 3 is 2.84 bits per heavy atom. The second kappa shape index (κ2) is 5.48. The highest BCUT2D eigenvalue weighted by atomic mass is 19.1. The van der Waals surface area contributed by atoms with Gasteiger partial charge in [0.15, 0.2) is 0 Å². The topological polar surface area (TPSA) is 59.4 Å². The summed E-state index contributed by atoms with van der Waals surface area (Å²) in [5, 5.41) is 8.91. The molecule has 0 aliphatic carbocycles. The quantitative estimate of drug-likeness (QED) is 0.919. The summed E-state index contributed by atoms with van der Waals surface area (Å²) in [4.78, 5) is 14.6. The van der Waals surface area contributed by atoms with Crippen LogP contribution < -0.4 is 4.74 Å². The lowest BCUT2D eigenvalue weighted by Gasteiger charge is -2.09. The molecule has 0 atom stereocenters. The van der Waals surface area contributed by atoms with E-state index < -0.39 is 11.8 Å². The van der Waals surface area contributed by atoms with E-state index in [1.807, 2.05) is 6.92 Å². The molecule has 0 bridgehead atoms. The third kappa shape index (κ3) is 3.28. The lowest BCUT2D eigenvalue weighted by atomic mass is 10.1. The van der Waals surface area contributed by atoms with Crippen molar-refractivity contribution in [3.05, 3.63) is 59.2 Å². The lowest BCUT2D eigenvalue weighted by molar-refractivity contribution is 0.0696. The van der Waals surface area contributed by atoms with Crippen LogP contribution in [0, 0.1) is 12.7 Å². The molecular weight excluding hydrogens is 249 g/mol. The van der Waals surface area contributed by atoms with E-state index in [2.05, 4.69) is 4.98 Å². The number of carbonyl (C=O) groups is 1. The summed E-state index contributed by atoms with van der Waals surface area (Å²) in [5.74, 6) is -0.987. The van der Waals surface area contributed by atoms with Crippen LogP contribution in [-0.2, 0) is 6.61 Å². The molecule has 1 heterocycles. The van der Waals surface area contributed by atoms with Crippen molar-refractivity contribution in [2.24, 2.45) is 0 Å². The Labute approximate surface area is 109 Å². The number of rotatable bonds is 4. The number of carboxylic acids is 1. The number of ether oxygens (including phenoxy) is 1. The van der Waals surface area contributed by atoms with E-state index in [-0.39, 0.29) is 12.2 Å². The van der Waals surface area contributed by atoms with Crippen molar-refractivity contribution in [2.45, 2.75) is 13.5 Å². The number of carboxylic acid groups (broad SMARTS) is 1. The SMILES string of the molecule is Cc1ccc(C(=O)O)cc1OCc1cncc(F)c1. The fourth-order valence-electron chi connectivity index (χ4n) is 1.58. The molecule has 0 aliphatic heterocycles. The van der Waals surface area contributed by atoms with Crippen LogP contribution in [-0.4, -0.2) is 16.1 Å². The average Bonchev–Trinajstić information content (AvgIpc) is 2.37. The van der Waals surface area contributed by atoms with Crippen LogP contribution in [0.25, 0.3) is 0 Å². The zero-order valence-electron chi connectivity index (χ0n) is 10.3. The van der Waals surface area contributed by atoms with Crippen LogP contribution in [0.3, 0.4) is 0 Å². The molecule has 0 unspecified atom stereocenters. The predicted molar refractivity (Wildman–Crippen MR) is 66.7 cm³/mol. The third-order valence-corrected chi connectivity index (χ3v) is 2.59.